The van der Waals surface area contributed by atoms with Crippen LogP contribution in [-0.4, -0.2) is 27.0 Å². The Morgan fingerprint density at radius 1 is 0.865 bits per heavy atom. The van der Waals surface area contributed by atoms with Crippen LogP contribution in [-0.2, 0) is 10.3 Å². The predicted molar refractivity (Wildman–Crippen MR) is 154 cm³/mol. The Labute approximate surface area is 235 Å². The first-order valence-corrected chi connectivity index (χ1v) is 15.3. The molecule has 1 atom stereocenters. The third-order valence-electron chi connectivity index (χ3n) is 6.93. The van der Waals surface area contributed by atoms with Crippen LogP contribution in [0, 0.1) is 0 Å². The Kier molecular flexibility index (Phi) is 13.6. The number of hydrogen-bond acceptors (Lipinski definition) is 2. The summed E-state index contributed by atoms with van der Waals surface area (Å²) in [6.45, 7) is 6.60. The number of benzene rings is 2. The summed E-state index contributed by atoms with van der Waals surface area (Å²) in [5.41, 5.74) is 1.35. The van der Waals surface area contributed by atoms with Crippen LogP contribution in [0.5, 0.6) is 0 Å². The van der Waals surface area contributed by atoms with Gasteiger partial charge < -0.3 is 22.1 Å². The van der Waals surface area contributed by atoms with Crippen molar-refractivity contribution in [1.82, 2.24) is 9.78 Å². The Morgan fingerprint density at radius 3 is 1.95 bits per heavy atom. The van der Waals surface area contributed by atoms with Gasteiger partial charge >= 0.3 is 5.97 Å². The summed E-state index contributed by atoms with van der Waals surface area (Å²) >= 11 is 0. The number of hydrogen-bond donors (Lipinski definition) is 1. The van der Waals surface area contributed by atoms with Crippen LogP contribution in [0.25, 0.3) is 0 Å². The number of aliphatic carboxylic acids is 1. The maximum Gasteiger partial charge on any atom is 0.303 e. The molecule has 1 aromatic heterocycles. The lowest BCUT2D eigenvalue weighted by atomic mass is 9.91. The van der Waals surface area contributed by atoms with Crippen LogP contribution < -0.4 is 27.6 Å². The second-order valence-corrected chi connectivity index (χ2v) is 13.5. The van der Waals surface area contributed by atoms with Gasteiger partial charge in [-0.05, 0) is 82.2 Å². The molecule has 1 unspecified atom stereocenters. The van der Waals surface area contributed by atoms with Crippen LogP contribution in [0.1, 0.15) is 90.0 Å². The average molecular weight is 588 g/mol. The zero-order valence-corrected chi connectivity index (χ0v) is 25.3. The molecule has 3 rings (SSSR count). The molecule has 0 amide bonds. The second-order valence-electron chi connectivity index (χ2n) is 10.9. The first kappa shape index (κ1) is 31.2. The van der Waals surface area contributed by atoms with Crippen molar-refractivity contribution in [3.63, 3.8) is 0 Å². The van der Waals surface area contributed by atoms with E-state index in [2.05, 4.69) is 98.5 Å². The van der Waals surface area contributed by atoms with Gasteiger partial charge in [-0.25, -0.2) is 0 Å². The zero-order chi connectivity index (χ0) is 25.8. The minimum absolute atomic E-state index is 0. The zero-order valence-electron chi connectivity index (χ0n) is 22.7. The van der Waals surface area contributed by atoms with E-state index in [1.807, 2.05) is 0 Å². The van der Waals surface area contributed by atoms with Crippen molar-refractivity contribution in [3.05, 3.63) is 78.6 Å². The highest BCUT2D eigenvalue weighted by atomic mass is 79.9. The first-order valence-electron chi connectivity index (χ1n) is 13.6. The largest absolute Gasteiger partial charge is 1.00 e. The van der Waals surface area contributed by atoms with Crippen LogP contribution in [0.15, 0.2) is 73.1 Å². The van der Waals surface area contributed by atoms with Crippen LogP contribution in [0.2, 0.25) is 0 Å². The molecule has 1 N–H and O–H groups in total. The maximum absolute atomic E-state index is 10.7. The number of rotatable bonds is 15. The number of carbonyl (C=O) groups is 1. The molecule has 0 aliphatic heterocycles. The maximum atomic E-state index is 10.7. The molecule has 2 aromatic carbocycles. The minimum Gasteiger partial charge on any atom is -1.00 e. The van der Waals surface area contributed by atoms with Crippen molar-refractivity contribution in [1.29, 1.82) is 0 Å². The van der Waals surface area contributed by atoms with Crippen molar-refractivity contribution in [2.45, 2.75) is 90.0 Å². The molecular formula is C31H44BrN2O2P. The summed E-state index contributed by atoms with van der Waals surface area (Å²) in [5, 5.41) is 16.5. The van der Waals surface area contributed by atoms with Gasteiger partial charge in [0.05, 0.1) is 36.4 Å². The molecule has 0 saturated carbocycles. The molecule has 0 aliphatic carbocycles. The molecule has 6 heteroatoms. The monoisotopic (exact) mass is 586 g/mol. The van der Waals surface area contributed by atoms with Gasteiger partial charge in [-0.3, -0.25) is 9.48 Å². The molecule has 0 spiro atoms. The summed E-state index contributed by atoms with van der Waals surface area (Å²) in [6, 6.07) is 22.1. The predicted octanol–water partition coefficient (Wildman–Crippen LogP) is 4.19. The van der Waals surface area contributed by atoms with Gasteiger partial charge in [0.2, 0.25) is 0 Å². The quantitative estimate of drug-likeness (QED) is 0.215. The van der Waals surface area contributed by atoms with E-state index >= 15 is 0 Å². The Balaban J connectivity index is 0.00000481. The van der Waals surface area contributed by atoms with Crippen LogP contribution >= 0.6 is 7.92 Å². The van der Waals surface area contributed by atoms with Gasteiger partial charge in [-0.1, -0.05) is 62.1 Å². The number of unbranched alkanes of at least 4 members (excludes halogenated alkanes) is 4. The van der Waals surface area contributed by atoms with E-state index in [9.17, 15) is 4.79 Å². The van der Waals surface area contributed by atoms with E-state index in [0.29, 0.717) is 12.3 Å². The van der Waals surface area contributed by atoms with Gasteiger partial charge in [0, 0.05) is 12.6 Å². The summed E-state index contributed by atoms with van der Waals surface area (Å²) in [7, 11) is -0.805. The van der Waals surface area contributed by atoms with E-state index in [0.717, 1.165) is 19.3 Å². The molecule has 0 bridgehead atoms. The molecule has 4 nitrogen and oxygen atoms in total. The van der Waals surface area contributed by atoms with Crippen LogP contribution in [0.3, 0.4) is 0 Å². The van der Waals surface area contributed by atoms with Gasteiger partial charge in [-0.15, -0.1) is 0 Å². The molecule has 0 aliphatic rings. The topological polar surface area (TPSA) is 55.1 Å². The SMILES string of the molecule is CC(C)(C)n1cc(C(CCCCCCCC(=O)O)CCC[PH+](c2ccccc2)c2ccccc2)cn1.[Br-]. The Morgan fingerprint density at radius 2 is 1.41 bits per heavy atom. The molecule has 1 heterocycles. The lowest BCUT2D eigenvalue weighted by Crippen LogP contribution is -3.00. The molecule has 202 valence electrons. The van der Waals surface area contributed by atoms with Gasteiger partial charge in [0.25, 0.3) is 0 Å². The van der Waals surface area contributed by atoms with Crippen molar-refractivity contribution >= 4 is 24.5 Å². The molecule has 37 heavy (non-hydrogen) atoms. The number of carboxylic acids is 1. The third kappa shape index (κ3) is 10.7. The highest BCUT2D eigenvalue weighted by Crippen LogP contribution is 2.37. The summed E-state index contributed by atoms with van der Waals surface area (Å²) in [6.07, 6.45) is 14.7. The van der Waals surface area contributed by atoms with Gasteiger partial charge in [0.1, 0.15) is 0 Å². The lowest BCUT2D eigenvalue weighted by molar-refractivity contribution is -0.137. The Bertz CT molecular complexity index is 995. The number of aromatic nitrogens is 2. The normalized spacial score (nSPS) is 12.3. The van der Waals surface area contributed by atoms with E-state index in [4.69, 9.17) is 10.2 Å². The smallest absolute Gasteiger partial charge is 0.303 e. The fraction of sp³-hybridized carbons (Fsp3) is 0.484. The number of carboxylic acid groups (broad SMARTS) is 1. The molecule has 3 aromatic rings. The number of nitrogens with zero attached hydrogens (tertiary/aromatic N) is 2. The molecule has 0 fully saturated rings. The van der Waals surface area contributed by atoms with Gasteiger partial charge in [0.15, 0.2) is 0 Å². The standard InChI is InChI=1S/C31H43N2O2P.BrH/c1-31(2,3)33-25-27(24-32-33)26(16-9-5-4-6-14-22-30(34)35)17-15-23-36(28-18-10-7-11-19-28)29-20-12-8-13-21-29;/h7-8,10-13,18-21,24-26H,4-6,9,14-17,22-23H2,1-3H3,(H,34,35);1H. The fourth-order valence-corrected chi connectivity index (χ4v) is 7.51. The summed E-state index contributed by atoms with van der Waals surface area (Å²) in [5.74, 6) is -0.159. The van der Waals surface area contributed by atoms with E-state index < -0.39 is 13.9 Å². The Hall–Kier alpha value is -1.97. The van der Waals surface area contributed by atoms with E-state index in [1.54, 1.807) is 0 Å². The van der Waals surface area contributed by atoms with Crippen molar-refractivity contribution in [2.24, 2.45) is 0 Å². The van der Waals surface area contributed by atoms with E-state index in [-0.39, 0.29) is 22.5 Å². The summed E-state index contributed by atoms with van der Waals surface area (Å²) in [4.78, 5) is 10.7. The summed E-state index contributed by atoms with van der Waals surface area (Å²) < 4.78 is 2.10. The lowest BCUT2D eigenvalue weighted by Gasteiger charge is -2.20. The fourth-order valence-electron chi connectivity index (χ4n) is 4.85. The molecule has 0 saturated heterocycles. The minimum atomic E-state index is -0.805. The van der Waals surface area contributed by atoms with Gasteiger partial charge in [-0.2, -0.15) is 5.10 Å². The molecular weight excluding hydrogens is 543 g/mol. The third-order valence-corrected chi connectivity index (χ3v) is 9.84. The average Bonchev–Trinajstić information content (AvgIpc) is 3.37. The number of halogens is 1. The van der Waals surface area contributed by atoms with Crippen molar-refractivity contribution in [3.8, 4) is 0 Å². The highest BCUT2D eigenvalue weighted by molar-refractivity contribution is 7.73. The van der Waals surface area contributed by atoms with E-state index in [1.165, 1.54) is 54.4 Å². The van der Waals surface area contributed by atoms with Crippen molar-refractivity contribution in [2.75, 3.05) is 6.16 Å². The van der Waals surface area contributed by atoms with Crippen molar-refractivity contribution < 1.29 is 26.9 Å². The second kappa shape index (κ2) is 16.1. The first-order chi connectivity index (χ1) is 17.3. The highest BCUT2D eigenvalue weighted by Gasteiger charge is 2.24. The van der Waals surface area contributed by atoms with Crippen LogP contribution in [0.4, 0.5) is 0 Å². The molecule has 0 radical (unpaired) electrons.